The summed E-state index contributed by atoms with van der Waals surface area (Å²) in [6.45, 7) is 6.36. The van der Waals surface area contributed by atoms with Crippen LogP contribution in [0.1, 0.15) is 27.6 Å². The maximum absolute atomic E-state index is 10.9. The largest absolute Gasteiger partial charge is 0.384 e. The van der Waals surface area contributed by atoms with Gasteiger partial charge in [-0.05, 0) is 31.4 Å². The standard InChI is InChI=1S/C15H19N3OS/c1-11-5-3-4-6-13(11)15(19)7-8-18(10-15)9-14-17-16-12(2)20-14/h3-6,19H,7-10H2,1-2H3/t15-/m1/s1. The predicted octanol–water partition coefficient (Wildman–Crippen LogP) is 2.25. The topological polar surface area (TPSA) is 49.2 Å². The molecule has 0 spiro atoms. The smallest absolute Gasteiger partial charge is 0.131 e. The van der Waals surface area contributed by atoms with Gasteiger partial charge in [0.25, 0.3) is 0 Å². The number of benzene rings is 1. The van der Waals surface area contributed by atoms with Gasteiger partial charge in [0.05, 0.1) is 6.54 Å². The van der Waals surface area contributed by atoms with Crippen LogP contribution in [-0.4, -0.2) is 33.3 Å². The third kappa shape index (κ3) is 2.61. The number of hydrogen-bond acceptors (Lipinski definition) is 5. The lowest BCUT2D eigenvalue weighted by atomic mass is 9.89. The number of rotatable bonds is 3. The molecule has 0 amide bonds. The van der Waals surface area contributed by atoms with Crippen molar-refractivity contribution in [1.29, 1.82) is 0 Å². The van der Waals surface area contributed by atoms with Crippen molar-refractivity contribution in [3.8, 4) is 0 Å². The van der Waals surface area contributed by atoms with Crippen molar-refractivity contribution in [2.45, 2.75) is 32.4 Å². The monoisotopic (exact) mass is 289 g/mol. The van der Waals surface area contributed by atoms with Gasteiger partial charge in [-0.15, -0.1) is 21.5 Å². The van der Waals surface area contributed by atoms with Crippen LogP contribution in [-0.2, 0) is 12.1 Å². The summed E-state index contributed by atoms with van der Waals surface area (Å²) in [5.41, 5.74) is 1.48. The first-order valence-electron chi connectivity index (χ1n) is 6.87. The van der Waals surface area contributed by atoms with Gasteiger partial charge in [0.2, 0.25) is 0 Å². The molecule has 5 heteroatoms. The summed E-state index contributed by atoms with van der Waals surface area (Å²) in [6, 6.07) is 8.11. The highest BCUT2D eigenvalue weighted by Gasteiger charge is 2.38. The van der Waals surface area contributed by atoms with Gasteiger partial charge in [0.15, 0.2) is 0 Å². The molecule has 0 saturated carbocycles. The fourth-order valence-corrected chi connectivity index (χ4v) is 3.67. The van der Waals surface area contributed by atoms with Gasteiger partial charge in [-0.3, -0.25) is 4.90 Å². The van der Waals surface area contributed by atoms with Gasteiger partial charge < -0.3 is 5.11 Å². The summed E-state index contributed by atoms with van der Waals surface area (Å²) in [4.78, 5) is 2.26. The molecule has 106 valence electrons. The first-order chi connectivity index (χ1) is 9.57. The molecular weight excluding hydrogens is 270 g/mol. The van der Waals surface area contributed by atoms with Crippen molar-refractivity contribution < 1.29 is 5.11 Å². The van der Waals surface area contributed by atoms with E-state index >= 15 is 0 Å². The molecule has 20 heavy (non-hydrogen) atoms. The lowest BCUT2D eigenvalue weighted by Crippen LogP contribution is -2.31. The van der Waals surface area contributed by atoms with E-state index in [1.807, 2.05) is 25.1 Å². The highest BCUT2D eigenvalue weighted by atomic mass is 32.1. The minimum absolute atomic E-state index is 0.663. The summed E-state index contributed by atoms with van der Waals surface area (Å²) in [5, 5.41) is 21.2. The summed E-state index contributed by atoms with van der Waals surface area (Å²) in [7, 11) is 0. The zero-order valence-corrected chi connectivity index (χ0v) is 12.7. The zero-order valence-electron chi connectivity index (χ0n) is 11.8. The van der Waals surface area contributed by atoms with E-state index in [1.165, 1.54) is 0 Å². The molecule has 1 atom stereocenters. The zero-order chi connectivity index (χ0) is 14.2. The van der Waals surface area contributed by atoms with Gasteiger partial charge in [0.1, 0.15) is 15.6 Å². The van der Waals surface area contributed by atoms with Crippen LogP contribution in [0.25, 0.3) is 0 Å². The van der Waals surface area contributed by atoms with Crippen LogP contribution in [0, 0.1) is 13.8 Å². The fourth-order valence-electron chi connectivity index (χ4n) is 2.91. The molecule has 4 nitrogen and oxygen atoms in total. The summed E-state index contributed by atoms with van der Waals surface area (Å²) < 4.78 is 0. The van der Waals surface area contributed by atoms with Gasteiger partial charge in [0, 0.05) is 13.1 Å². The van der Waals surface area contributed by atoms with Crippen LogP contribution < -0.4 is 0 Å². The first-order valence-corrected chi connectivity index (χ1v) is 7.68. The van der Waals surface area contributed by atoms with E-state index in [-0.39, 0.29) is 0 Å². The molecule has 1 fully saturated rings. The summed E-state index contributed by atoms with van der Waals surface area (Å²) in [5.74, 6) is 0. The third-order valence-electron chi connectivity index (χ3n) is 3.90. The number of aliphatic hydroxyl groups is 1. The third-order valence-corrected chi connectivity index (χ3v) is 4.72. The lowest BCUT2D eigenvalue weighted by molar-refractivity contribution is 0.0446. The van der Waals surface area contributed by atoms with Crippen molar-refractivity contribution >= 4 is 11.3 Å². The van der Waals surface area contributed by atoms with Crippen molar-refractivity contribution in [1.82, 2.24) is 15.1 Å². The Labute approximate surface area is 123 Å². The predicted molar refractivity (Wildman–Crippen MR) is 79.6 cm³/mol. The SMILES string of the molecule is Cc1nnc(CN2CC[C@](O)(c3ccccc3C)C2)s1. The van der Waals surface area contributed by atoms with Gasteiger partial charge in [-0.2, -0.15) is 0 Å². The highest BCUT2D eigenvalue weighted by Crippen LogP contribution is 2.34. The molecule has 1 aromatic carbocycles. The molecule has 1 aromatic heterocycles. The number of aryl methyl sites for hydroxylation is 2. The van der Waals surface area contributed by atoms with Crippen molar-refractivity contribution in [2.75, 3.05) is 13.1 Å². The van der Waals surface area contributed by atoms with Gasteiger partial charge in [-0.25, -0.2) is 0 Å². The summed E-state index contributed by atoms with van der Waals surface area (Å²) >= 11 is 1.63. The average Bonchev–Trinajstić information content (AvgIpc) is 2.98. The molecule has 0 unspecified atom stereocenters. The van der Waals surface area contributed by atoms with E-state index in [2.05, 4.69) is 28.1 Å². The van der Waals surface area contributed by atoms with E-state index in [1.54, 1.807) is 11.3 Å². The number of likely N-dealkylation sites (tertiary alicyclic amines) is 1. The second kappa shape index (κ2) is 5.24. The molecule has 3 rings (SSSR count). The number of aromatic nitrogens is 2. The Morgan fingerprint density at radius 2 is 2.10 bits per heavy atom. The van der Waals surface area contributed by atoms with Gasteiger partial charge >= 0.3 is 0 Å². The second-order valence-corrected chi connectivity index (χ2v) is 6.79. The lowest BCUT2D eigenvalue weighted by Gasteiger charge is -2.25. The molecule has 1 saturated heterocycles. The van der Waals surface area contributed by atoms with Crippen LogP contribution in [0.3, 0.4) is 0 Å². The Hall–Kier alpha value is -1.30. The molecule has 2 heterocycles. The minimum atomic E-state index is -0.731. The van der Waals surface area contributed by atoms with Crippen LogP contribution in [0.2, 0.25) is 0 Å². The Morgan fingerprint density at radius 3 is 2.80 bits per heavy atom. The van der Waals surface area contributed by atoms with Crippen LogP contribution in [0.4, 0.5) is 0 Å². The summed E-state index contributed by atoms with van der Waals surface area (Å²) in [6.07, 6.45) is 0.773. The molecular formula is C15H19N3OS. The molecule has 0 aliphatic carbocycles. The first kappa shape index (κ1) is 13.7. The van der Waals surface area contributed by atoms with Crippen molar-refractivity contribution in [3.63, 3.8) is 0 Å². The van der Waals surface area contributed by atoms with Gasteiger partial charge in [-0.1, -0.05) is 24.3 Å². The van der Waals surface area contributed by atoms with Crippen molar-refractivity contribution in [3.05, 3.63) is 45.4 Å². The quantitative estimate of drug-likeness (QED) is 0.941. The Morgan fingerprint density at radius 1 is 1.30 bits per heavy atom. The number of nitrogens with zero attached hydrogens (tertiary/aromatic N) is 3. The van der Waals surface area contributed by atoms with Crippen LogP contribution >= 0.6 is 11.3 Å². The minimum Gasteiger partial charge on any atom is -0.384 e. The Balaban J connectivity index is 1.74. The normalized spacial score (nSPS) is 23.4. The molecule has 1 aliphatic rings. The highest BCUT2D eigenvalue weighted by molar-refractivity contribution is 7.11. The maximum atomic E-state index is 10.9. The van der Waals surface area contributed by atoms with E-state index in [0.29, 0.717) is 6.54 Å². The average molecular weight is 289 g/mol. The number of hydrogen-bond donors (Lipinski definition) is 1. The molecule has 1 N–H and O–H groups in total. The molecule has 0 radical (unpaired) electrons. The molecule has 2 aromatic rings. The Bertz CT molecular complexity index is 613. The fraction of sp³-hybridized carbons (Fsp3) is 0.467. The van der Waals surface area contributed by atoms with E-state index in [4.69, 9.17) is 0 Å². The van der Waals surface area contributed by atoms with Crippen molar-refractivity contribution in [2.24, 2.45) is 0 Å². The number of β-amino-alcohol motifs (C(OH)–C–C–N with tert-alkyl or cyclic N) is 1. The van der Waals surface area contributed by atoms with Crippen LogP contribution in [0.5, 0.6) is 0 Å². The molecule has 1 aliphatic heterocycles. The van der Waals surface area contributed by atoms with E-state index in [9.17, 15) is 5.11 Å². The van der Waals surface area contributed by atoms with E-state index < -0.39 is 5.60 Å². The van der Waals surface area contributed by atoms with E-state index in [0.717, 1.165) is 40.7 Å². The Kier molecular flexibility index (Phi) is 3.58. The maximum Gasteiger partial charge on any atom is 0.131 e. The molecule has 0 bridgehead atoms. The van der Waals surface area contributed by atoms with Crippen LogP contribution in [0.15, 0.2) is 24.3 Å². The second-order valence-electron chi connectivity index (χ2n) is 5.52.